The molecule has 39 heavy (non-hydrogen) atoms. The summed E-state index contributed by atoms with van der Waals surface area (Å²) in [5.74, 6) is -0.201. The average molecular weight is 571 g/mol. The molecule has 0 aliphatic rings. The van der Waals surface area contributed by atoms with Crippen molar-refractivity contribution >= 4 is 38.3 Å². The highest BCUT2D eigenvalue weighted by Crippen LogP contribution is 2.39. The van der Waals surface area contributed by atoms with Gasteiger partial charge in [0.05, 0.1) is 17.4 Å². The fourth-order valence-corrected chi connectivity index (χ4v) is 6.43. The molecule has 2 amide bonds. The van der Waals surface area contributed by atoms with Crippen LogP contribution in [0.3, 0.4) is 0 Å². The highest BCUT2D eigenvalue weighted by atomic mass is 32.2. The topological polar surface area (TPSA) is 135 Å². The standard InChI is InChI=1S/C27H30N4O6S2/c1-5-31(6-2)39(34,35)19-11-7-10-18(16-19)25(32)28-22(17(3)4)26(33)30-27-29-23(20-12-8-14-36-20)24(38-27)21-13-9-15-37-21/h7-17,22H,5-6H2,1-4H3,(H,28,32)(H,29,30,33). The van der Waals surface area contributed by atoms with Gasteiger partial charge < -0.3 is 19.5 Å². The van der Waals surface area contributed by atoms with E-state index in [2.05, 4.69) is 15.6 Å². The number of hydrogen-bond acceptors (Lipinski definition) is 8. The lowest BCUT2D eigenvalue weighted by atomic mass is 10.0. The number of benzene rings is 1. The molecule has 1 aromatic carbocycles. The van der Waals surface area contributed by atoms with Gasteiger partial charge in [-0.3, -0.25) is 9.59 Å². The predicted molar refractivity (Wildman–Crippen MR) is 149 cm³/mol. The van der Waals surface area contributed by atoms with Crippen LogP contribution < -0.4 is 10.6 Å². The molecule has 206 valence electrons. The monoisotopic (exact) mass is 570 g/mol. The van der Waals surface area contributed by atoms with Crippen molar-refractivity contribution in [1.82, 2.24) is 14.6 Å². The summed E-state index contributed by atoms with van der Waals surface area (Å²) >= 11 is 1.22. The first-order valence-electron chi connectivity index (χ1n) is 12.5. The van der Waals surface area contributed by atoms with E-state index in [1.165, 1.54) is 46.2 Å². The van der Waals surface area contributed by atoms with E-state index in [-0.39, 0.29) is 16.4 Å². The molecule has 0 bridgehead atoms. The van der Waals surface area contributed by atoms with Crippen molar-refractivity contribution < 1.29 is 26.8 Å². The number of sulfonamides is 1. The zero-order chi connectivity index (χ0) is 28.2. The summed E-state index contributed by atoms with van der Waals surface area (Å²) in [7, 11) is -3.75. The minimum absolute atomic E-state index is 0.0168. The molecule has 3 heterocycles. The maximum atomic E-state index is 13.3. The van der Waals surface area contributed by atoms with Crippen LogP contribution in [0.1, 0.15) is 38.1 Å². The van der Waals surface area contributed by atoms with Crippen LogP contribution in [0.2, 0.25) is 0 Å². The zero-order valence-electron chi connectivity index (χ0n) is 22.0. The van der Waals surface area contributed by atoms with Crippen LogP contribution in [0.25, 0.3) is 22.1 Å². The molecule has 0 aliphatic heterocycles. The summed E-state index contributed by atoms with van der Waals surface area (Å²) in [6.45, 7) is 7.73. The molecule has 4 aromatic rings. The molecule has 2 N–H and O–H groups in total. The van der Waals surface area contributed by atoms with Crippen molar-refractivity contribution in [2.45, 2.75) is 38.6 Å². The van der Waals surface area contributed by atoms with Crippen LogP contribution >= 0.6 is 11.3 Å². The van der Waals surface area contributed by atoms with E-state index in [9.17, 15) is 18.0 Å². The summed E-state index contributed by atoms with van der Waals surface area (Å²) in [6.07, 6.45) is 3.08. The minimum atomic E-state index is -3.75. The largest absolute Gasteiger partial charge is 0.463 e. The third-order valence-corrected chi connectivity index (χ3v) is 9.06. The molecule has 0 saturated carbocycles. The first kappa shape index (κ1) is 28.3. The lowest BCUT2D eigenvalue weighted by molar-refractivity contribution is -0.118. The van der Waals surface area contributed by atoms with Crippen LogP contribution in [-0.2, 0) is 14.8 Å². The molecule has 0 spiro atoms. The van der Waals surface area contributed by atoms with Crippen molar-refractivity contribution in [2.24, 2.45) is 5.92 Å². The van der Waals surface area contributed by atoms with Gasteiger partial charge >= 0.3 is 0 Å². The molecule has 4 rings (SSSR count). The van der Waals surface area contributed by atoms with Gasteiger partial charge in [-0.15, -0.1) is 0 Å². The number of amides is 2. The lowest BCUT2D eigenvalue weighted by Gasteiger charge is -2.22. The maximum absolute atomic E-state index is 13.3. The van der Waals surface area contributed by atoms with Gasteiger partial charge in [-0.25, -0.2) is 13.4 Å². The van der Waals surface area contributed by atoms with Crippen molar-refractivity contribution in [3.05, 3.63) is 66.6 Å². The number of furan rings is 2. The molecule has 10 nitrogen and oxygen atoms in total. The fraction of sp³-hybridized carbons (Fsp3) is 0.296. The normalized spacial score (nSPS) is 12.6. The number of rotatable bonds is 11. The van der Waals surface area contributed by atoms with Crippen LogP contribution in [0.5, 0.6) is 0 Å². The maximum Gasteiger partial charge on any atom is 0.251 e. The summed E-state index contributed by atoms with van der Waals surface area (Å²) in [5.41, 5.74) is 0.655. The van der Waals surface area contributed by atoms with Gasteiger partial charge in [0.2, 0.25) is 15.9 Å². The third kappa shape index (κ3) is 6.13. The smallest absolute Gasteiger partial charge is 0.251 e. The Morgan fingerprint density at radius 1 is 1.00 bits per heavy atom. The molecule has 0 fully saturated rings. The molecular weight excluding hydrogens is 540 g/mol. The molecule has 0 radical (unpaired) electrons. The highest BCUT2D eigenvalue weighted by molar-refractivity contribution is 7.89. The summed E-state index contributed by atoms with van der Waals surface area (Å²) in [4.78, 5) is 31.7. The van der Waals surface area contributed by atoms with Gasteiger partial charge in [-0.1, -0.05) is 45.1 Å². The third-order valence-electron chi connectivity index (χ3n) is 6.03. The summed E-state index contributed by atoms with van der Waals surface area (Å²) in [6, 6.07) is 11.9. The number of carbonyl (C=O) groups is 2. The van der Waals surface area contributed by atoms with E-state index in [1.54, 1.807) is 58.2 Å². The Morgan fingerprint density at radius 2 is 1.67 bits per heavy atom. The first-order chi connectivity index (χ1) is 18.6. The van der Waals surface area contributed by atoms with E-state index >= 15 is 0 Å². The number of hydrogen-bond donors (Lipinski definition) is 2. The van der Waals surface area contributed by atoms with Crippen LogP contribution in [0, 0.1) is 5.92 Å². The second-order valence-corrected chi connectivity index (χ2v) is 11.9. The number of carbonyl (C=O) groups excluding carboxylic acids is 2. The molecule has 0 saturated heterocycles. The van der Waals surface area contributed by atoms with Crippen molar-refractivity contribution in [2.75, 3.05) is 18.4 Å². The number of thiazole rings is 1. The second kappa shape index (κ2) is 12.0. The summed E-state index contributed by atoms with van der Waals surface area (Å²) in [5, 5.41) is 5.85. The van der Waals surface area contributed by atoms with Gasteiger partial charge in [0.25, 0.3) is 5.91 Å². The molecule has 1 unspecified atom stereocenters. The molecular formula is C27H30N4O6S2. The zero-order valence-corrected chi connectivity index (χ0v) is 23.6. The van der Waals surface area contributed by atoms with Crippen molar-refractivity contribution in [3.63, 3.8) is 0 Å². The van der Waals surface area contributed by atoms with E-state index in [4.69, 9.17) is 8.83 Å². The van der Waals surface area contributed by atoms with Crippen LogP contribution in [0.15, 0.2) is 74.8 Å². The number of aromatic nitrogens is 1. The quantitative estimate of drug-likeness (QED) is 0.257. The molecule has 3 aromatic heterocycles. The van der Waals surface area contributed by atoms with Gasteiger partial charge in [0, 0.05) is 18.7 Å². The minimum Gasteiger partial charge on any atom is -0.463 e. The highest BCUT2D eigenvalue weighted by Gasteiger charge is 2.28. The Bertz CT molecular complexity index is 1470. The summed E-state index contributed by atoms with van der Waals surface area (Å²) < 4.78 is 38.2. The molecule has 0 aliphatic carbocycles. The Kier molecular flexibility index (Phi) is 8.68. The molecule has 12 heteroatoms. The van der Waals surface area contributed by atoms with Gasteiger partial charge in [-0.05, 0) is 48.4 Å². The predicted octanol–water partition coefficient (Wildman–Crippen LogP) is 5.09. The first-order valence-corrected chi connectivity index (χ1v) is 14.7. The molecule has 1 atom stereocenters. The number of nitrogens with zero attached hydrogens (tertiary/aromatic N) is 2. The van der Waals surface area contributed by atoms with Crippen LogP contribution in [0.4, 0.5) is 5.13 Å². The van der Waals surface area contributed by atoms with Crippen molar-refractivity contribution in [3.8, 4) is 22.1 Å². The van der Waals surface area contributed by atoms with E-state index < -0.39 is 27.9 Å². The average Bonchev–Trinajstić information content (AvgIpc) is 3.69. The SMILES string of the molecule is CCN(CC)S(=O)(=O)c1cccc(C(=O)NC(C(=O)Nc2nc(-c3ccco3)c(-c3ccco3)s2)C(C)C)c1. The van der Waals surface area contributed by atoms with Gasteiger partial charge in [0.1, 0.15) is 22.4 Å². The fourth-order valence-electron chi connectivity index (χ4n) is 3.98. The second-order valence-electron chi connectivity index (χ2n) is 8.95. The number of anilines is 1. The Morgan fingerprint density at radius 3 is 2.26 bits per heavy atom. The van der Waals surface area contributed by atoms with Gasteiger partial charge in [0.15, 0.2) is 10.9 Å². The van der Waals surface area contributed by atoms with Crippen LogP contribution in [-0.4, -0.2) is 48.7 Å². The number of nitrogens with one attached hydrogen (secondary N) is 2. The Balaban J connectivity index is 1.55. The Hall–Kier alpha value is -3.74. The lowest BCUT2D eigenvalue weighted by Crippen LogP contribution is -2.47. The van der Waals surface area contributed by atoms with Gasteiger partial charge in [-0.2, -0.15) is 4.31 Å². The Labute approximate surface area is 231 Å². The van der Waals surface area contributed by atoms with E-state index in [0.29, 0.717) is 40.3 Å². The van der Waals surface area contributed by atoms with Crippen molar-refractivity contribution in [1.29, 1.82) is 0 Å². The van der Waals surface area contributed by atoms with E-state index in [1.807, 2.05) is 0 Å². The van der Waals surface area contributed by atoms with E-state index in [0.717, 1.165) is 0 Å².